The van der Waals surface area contributed by atoms with Gasteiger partial charge in [0.1, 0.15) is 36.6 Å². The summed E-state index contributed by atoms with van der Waals surface area (Å²) in [6.07, 6.45) is 51.0. The summed E-state index contributed by atoms with van der Waals surface area (Å²) < 4.78 is 11.1. The monoisotopic (exact) mass is 1040 g/mol. The Morgan fingerprint density at radius 2 is 0.822 bits per heavy atom. The first-order valence-electron chi connectivity index (χ1n) is 31.2. The zero-order valence-electron chi connectivity index (χ0n) is 47.4. The van der Waals surface area contributed by atoms with Crippen LogP contribution in [-0.4, -0.2) is 110 Å². The molecule has 11 heteroatoms. The molecule has 9 atom stereocenters. The van der Waals surface area contributed by atoms with Crippen molar-refractivity contribution in [2.75, 3.05) is 13.2 Å². The van der Waals surface area contributed by atoms with Gasteiger partial charge in [0.15, 0.2) is 6.29 Å². The number of aliphatic hydroxyl groups excluding tert-OH is 7. The van der Waals surface area contributed by atoms with Crippen LogP contribution in [-0.2, 0) is 14.3 Å². The molecule has 1 saturated heterocycles. The third kappa shape index (κ3) is 39.6. The third-order valence-corrected chi connectivity index (χ3v) is 15.2. The number of carbonyl (C=O) groups excluding carboxylic acids is 1. The summed E-state index contributed by atoms with van der Waals surface area (Å²) >= 11 is 0. The van der Waals surface area contributed by atoms with Crippen LogP contribution in [0.5, 0.6) is 0 Å². The Morgan fingerprint density at radius 1 is 0.466 bits per heavy atom. The smallest absolute Gasteiger partial charge is 0.249 e. The van der Waals surface area contributed by atoms with Gasteiger partial charge in [-0.3, -0.25) is 4.79 Å². The maximum atomic E-state index is 13.2. The molecule has 0 aromatic heterocycles. The topological polar surface area (TPSA) is 189 Å². The molecule has 8 N–H and O–H groups in total. The molecule has 73 heavy (non-hydrogen) atoms. The summed E-state index contributed by atoms with van der Waals surface area (Å²) in [5.74, 6) is -0.705. The molecule has 0 aliphatic carbocycles. The van der Waals surface area contributed by atoms with Gasteiger partial charge in [-0.05, 0) is 51.4 Å². The molecule has 0 aromatic rings. The van der Waals surface area contributed by atoms with E-state index in [1.165, 1.54) is 212 Å². The summed E-state index contributed by atoms with van der Waals surface area (Å²) in [6.45, 7) is 3.48. The van der Waals surface area contributed by atoms with Crippen molar-refractivity contribution >= 4 is 5.91 Å². The highest BCUT2D eigenvalue weighted by Crippen LogP contribution is 2.23. The number of allylic oxidation sites excluding steroid dienone is 4. The predicted octanol–water partition coefficient (Wildman–Crippen LogP) is 13.7. The zero-order valence-corrected chi connectivity index (χ0v) is 47.4. The van der Waals surface area contributed by atoms with E-state index in [1.807, 2.05) is 0 Å². The standard InChI is InChI=1S/C62H119NO10/c1-3-5-7-9-11-13-15-17-19-21-23-25-27-28-30-32-34-36-38-40-42-44-46-48-50-55(66)61(71)63-53(52-72-62-60(70)59(69)58(68)56(51-64)73-62)57(67)54(65)49-47-45-43-41-39-37-35-33-31-29-26-24-22-20-18-16-14-12-10-8-6-4-2/h33,35,41,43,53-60,62,64-70H,3-32,34,36-40,42,44-52H2,1-2H3,(H,63,71)/b35-33+,43-41+. The Morgan fingerprint density at radius 3 is 1.22 bits per heavy atom. The van der Waals surface area contributed by atoms with Crippen LogP contribution in [0.4, 0.5) is 0 Å². The fourth-order valence-corrected chi connectivity index (χ4v) is 10.2. The van der Waals surface area contributed by atoms with Crippen LogP contribution < -0.4 is 5.32 Å². The van der Waals surface area contributed by atoms with E-state index in [9.17, 15) is 40.5 Å². The maximum absolute atomic E-state index is 13.2. The second-order valence-electron chi connectivity index (χ2n) is 22.1. The van der Waals surface area contributed by atoms with E-state index in [0.29, 0.717) is 19.3 Å². The molecule has 0 bridgehead atoms. The summed E-state index contributed by atoms with van der Waals surface area (Å²) in [5.41, 5.74) is 0. The van der Waals surface area contributed by atoms with Gasteiger partial charge in [0.25, 0.3) is 0 Å². The fourth-order valence-electron chi connectivity index (χ4n) is 10.2. The van der Waals surface area contributed by atoms with E-state index in [2.05, 4.69) is 43.5 Å². The van der Waals surface area contributed by atoms with Crippen molar-refractivity contribution in [3.05, 3.63) is 24.3 Å². The van der Waals surface area contributed by atoms with E-state index in [1.54, 1.807) is 0 Å². The van der Waals surface area contributed by atoms with Crippen molar-refractivity contribution in [1.29, 1.82) is 0 Å². The van der Waals surface area contributed by atoms with Crippen LogP contribution in [0.1, 0.15) is 296 Å². The number of ether oxygens (including phenoxy) is 2. The van der Waals surface area contributed by atoms with Crippen LogP contribution in [0.15, 0.2) is 24.3 Å². The molecule has 1 aliphatic rings. The largest absolute Gasteiger partial charge is 0.394 e. The molecule has 1 fully saturated rings. The summed E-state index contributed by atoms with van der Waals surface area (Å²) in [7, 11) is 0. The lowest BCUT2D eigenvalue weighted by Crippen LogP contribution is -2.60. The van der Waals surface area contributed by atoms with Crippen molar-refractivity contribution in [3.63, 3.8) is 0 Å². The number of carbonyl (C=O) groups is 1. The highest BCUT2D eigenvalue weighted by atomic mass is 16.7. The van der Waals surface area contributed by atoms with E-state index >= 15 is 0 Å². The van der Waals surface area contributed by atoms with Gasteiger partial charge in [-0.25, -0.2) is 0 Å². The number of hydrogen-bond donors (Lipinski definition) is 8. The molecule has 1 amide bonds. The van der Waals surface area contributed by atoms with Crippen LogP contribution in [0.25, 0.3) is 0 Å². The lowest BCUT2D eigenvalue weighted by molar-refractivity contribution is -0.303. The van der Waals surface area contributed by atoms with Crippen LogP contribution in [0.3, 0.4) is 0 Å². The van der Waals surface area contributed by atoms with Crippen molar-refractivity contribution in [3.8, 4) is 0 Å². The predicted molar refractivity (Wildman–Crippen MR) is 302 cm³/mol. The highest BCUT2D eigenvalue weighted by molar-refractivity contribution is 5.80. The van der Waals surface area contributed by atoms with E-state index in [4.69, 9.17) is 9.47 Å². The molecule has 0 saturated carbocycles. The quantitative estimate of drug-likeness (QED) is 0.0215. The van der Waals surface area contributed by atoms with E-state index in [-0.39, 0.29) is 12.8 Å². The van der Waals surface area contributed by atoms with E-state index < -0.39 is 74.2 Å². The lowest BCUT2D eigenvalue weighted by Gasteiger charge is -2.40. The van der Waals surface area contributed by atoms with Crippen LogP contribution in [0.2, 0.25) is 0 Å². The second-order valence-corrected chi connectivity index (χ2v) is 22.1. The van der Waals surface area contributed by atoms with Gasteiger partial charge in [0.2, 0.25) is 5.91 Å². The molecule has 1 aliphatic heterocycles. The molecule has 0 aromatic carbocycles. The Hall–Kier alpha value is -1.41. The Balaban J connectivity index is 2.29. The Bertz CT molecular complexity index is 1240. The molecule has 1 heterocycles. The zero-order chi connectivity index (χ0) is 53.3. The lowest BCUT2D eigenvalue weighted by atomic mass is 9.98. The first-order valence-corrected chi connectivity index (χ1v) is 31.2. The third-order valence-electron chi connectivity index (χ3n) is 15.2. The van der Waals surface area contributed by atoms with Gasteiger partial charge < -0.3 is 50.5 Å². The summed E-state index contributed by atoms with van der Waals surface area (Å²) in [6, 6.07) is -1.19. The molecular weight excluding hydrogens is 919 g/mol. The fraction of sp³-hybridized carbons (Fsp3) is 0.919. The summed E-state index contributed by atoms with van der Waals surface area (Å²) in [5, 5.41) is 76.2. The minimum absolute atomic E-state index is 0.249. The maximum Gasteiger partial charge on any atom is 0.249 e. The molecule has 0 radical (unpaired) electrons. The van der Waals surface area contributed by atoms with Crippen LogP contribution >= 0.6 is 0 Å². The molecule has 1 rings (SSSR count). The average molecular weight is 1040 g/mol. The SMILES string of the molecule is CCCCCCCCCCCCCCC/C=C/CC/C=C/CCCC(O)C(O)C(COC1OC(CO)C(O)C(O)C1O)NC(=O)C(O)CCCCCCCCCCCCCCCCCCCCCCCCCC. The Labute approximate surface area is 448 Å². The second kappa shape index (κ2) is 51.4. The van der Waals surface area contributed by atoms with Gasteiger partial charge in [-0.2, -0.15) is 0 Å². The van der Waals surface area contributed by atoms with Gasteiger partial charge in [-0.15, -0.1) is 0 Å². The number of hydrogen-bond acceptors (Lipinski definition) is 10. The molecular formula is C62H119NO10. The first-order chi connectivity index (χ1) is 35.7. The molecule has 11 nitrogen and oxygen atoms in total. The number of aliphatic hydroxyl groups is 7. The molecule has 9 unspecified atom stereocenters. The molecule has 0 spiro atoms. The minimum Gasteiger partial charge on any atom is -0.394 e. The Kier molecular flexibility index (Phi) is 49.0. The van der Waals surface area contributed by atoms with Crippen LogP contribution in [0, 0.1) is 0 Å². The van der Waals surface area contributed by atoms with Crippen molar-refractivity contribution in [2.24, 2.45) is 0 Å². The number of unbranched alkanes of at least 4 members (excludes halogenated alkanes) is 38. The van der Waals surface area contributed by atoms with Crippen molar-refractivity contribution in [2.45, 2.75) is 351 Å². The number of amides is 1. The number of rotatable bonds is 54. The van der Waals surface area contributed by atoms with Gasteiger partial charge >= 0.3 is 0 Å². The van der Waals surface area contributed by atoms with Gasteiger partial charge in [0.05, 0.1) is 25.4 Å². The minimum atomic E-state index is -1.67. The van der Waals surface area contributed by atoms with Gasteiger partial charge in [0, 0.05) is 0 Å². The average Bonchev–Trinajstić information content (AvgIpc) is 3.39. The first kappa shape index (κ1) is 69.6. The molecule has 432 valence electrons. The van der Waals surface area contributed by atoms with Gasteiger partial charge in [-0.1, -0.05) is 269 Å². The van der Waals surface area contributed by atoms with Crippen molar-refractivity contribution in [1.82, 2.24) is 5.32 Å². The van der Waals surface area contributed by atoms with Crippen molar-refractivity contribution < 1.29 is 50.0 Å². The van der Waals surface area contributed by atoms with E-state index in [0.717, 1.165) is 38.5 Å². The normalized spacial score (nSPS) is 20.0. The summed E-state index contributed by atoms with van der Waals surface area (Å²) in [4.78, 5) is 13.2. The number of nitrogens with one attached hydrogen (secondary N) is 1. The highest BCUT2D eigenvalue weighted by Gasteiger charge is 2.44.